The molecule has 0 saturated heterocycles. The van der Waals surface area contributed by atoms with Gasteiger partial charge in [-0.15, -0.1) is 5.10 Å². The number of amidine groups is 1. The highest BCUT2D eigenvalue weighted by molar-refractivity contribution is 9.10. The molecule has 1 amide bonds. The van der Waals surface area contributed by atoms with Crippen LogP contribution in [0.2, 0.25) is 0 Å². The molecule has 6 nitrogen and oxygen atoms in total. The Morgan fingerprint density at radius 2 is 2.03 bits per heavy atom. The van der Waals surface area contributed by atoms with Crippen molar-refractivity contribution in [3.8, 4) is 5.75 Å². The van der Waals surface area contributed by atoms with E-state index in [-0.39, 0.29) is 5.91 Å². The number of amides is 1. The topological polar surface area (TPSA) is 66.3 Å². The first-order chi connectivity index (χ1) is 15.1. The van der Waals surface area contributed by atoms with Gasteiger partial charge in [-0.1, -0.05) is 72.1 Å². The number of benzene rings is 2. The first kappa shape index (κ1) is 21.9. The van der Waals surface area contributed by atoms with Crippen LogP contribution in [-0.2, 0) is 4.79 Å². The number of para-hydroxylation sites is 1. The van der Waals surface area contributed by atoms with Gasteiger partial charge < -0.3 is 4.74 Å². The number of rotatable bonds is 7. The molecular formula is C23H25BrN4O2S. The maximum Gasteiger partial charge on any atom is 0.276 e. The number of fused-ring (bicyclic) bond motifs is 2. The van der Waals surface area contributed by atoms with Gasteiger partial charge in [-0.25, -0.2) is 5.01 Å². The number of carbonyl (C=O) groups is 1. The molecule has 0 aromatic heterocycles. The quantitative estimate of drug-likeness (QED) is 0.585. The molecule has 162 valence electrons. The van der Waals surface area contributed by atoms with E-state index in [2.05, 4.69) is 28.2 Å². The number of hydrogen-bond donors (Lipinski definition) is 1. The van der Waals surface area contributed by atoms with E-state index < -0.39 is 6.17 Å². The summed E-state index contributed by atoms with van der Waals surface area (Å²) in [6.07, 6.45) is 5.97. The summed E-state index contributed by atoms with van der Waals surface area (Å²) in [6, 6.07) is 13.7. The first-order valence-corrected chi connectivity index (χ1v) is 12.5. The van der Waals surface area contributed by atoms with Crippen LogP contribution in [0.4, 0.5) is 0 Å². The van der Waals surface area contributed by atoms with Crippen molar-refractivity contribution in [2.24, 2.45) is 10.1 Å². The highest BCUT2D eigenvalue weighted by Gasteiger charge is 2.35. The number of nitrogens with one attached hydrogen (secondary N) is 1. The average Bonchev–Trinajstić information content (AvgIpc) is 2.78. The number of thioether (sulfide) groups is 1. The molecule has 2 aromatic carbocycles. The van der Waals surface area contributed by atoms with Crippen molar-refractivity contribution in [3.05, 3.63) is 63.1 Å². The minimum atomic E-state index is -0.483. The lowest BCUT2D eigenvalue weighted by Crippen LogP contribution is -2.50. The zero-order valence-electron chi connectivity index (χ0n) is 17.6. The van der Waals surface area contributed by atoms with Gasteiger partial charge in [-0.2, -0.15) is 0 Å². The molecule has 0 spiro atoms. The highest BCUT2D eigenvalue weighted by Crippen LogP contribution is 2.35. The van der Waals surface area contributed by atoms with Crippen LogP contribution in [0.3, 0.4) is 0 Å². The van der Waals surface area contributed by atoms with Gasteiger partial charge in [0.05, 0.1) is 12.0 Å². The molecule has 0 fully saturated rings. The van der Waals surface area contributed by atoms with Crippen LogP contribution >= 0.6 is 27.7 Å². The smallest absolute Gasteiger partial charge is 0.276 e. The Balaban J connectivity index is 1.77. The monoisotopic (exact) mass is 500 g/mol. The zero-order chi connectivity index (χ0) is 21.8. The van der Waals surface area contributed by atoms with Crippen molar-refractivity contribution in [2.75, 3.05) is 12.9 Å². The number of ether oxygens (including phenoxy) is 1. The second-order valence-electron chi connectivity index (χ2n) is 7.37. The second-order valence-corrected chi connectivity index (χ2v) is 9.08. The Hall–Kier alpha value is -2.32. The standard InChI is InChI=1S/C23H25BrN4O2S/c1-3-4-5-8-13-30-19-10-7-6-9-16(19)21-25-18-12-11-15(24)14-17(18)20-22(29)26-23(31-2)27-28(20)21/h6-7,9-12,14,21H,3-5,8,13H2,1-2H3,(H,26,27,29)/t21-/m1/s1. The van der Waals surface area contributed by atoms with Crippen molar-refractivity contribution in [1.29, 1.82) is 0 Å². The van der Waals surface area contributed by atoms with Gasteiger partial charge in [0.25, 0.3) is 5.91 Å². The number of nitrogens with zero attached hydrogens (tertiary/aromatic N) is 3. The maximum atomic E-state index is 13.0. The predicted molar refractivity (Wildman–Crippen MR) is 128 cm³/mol. The summed E-state index contributed by atoms with van der Waals surface area (Å²) in [6.45, 7) is 2.85. The van der Waals surface area contributed by atoms with Crippen LogP contribution in [0.5, 0.6) is 5.75 Å². The fraction of sp³-hybridized carbons (Fsp3) is 0.348. The average molecular weight is 501 g/mol. The molecule has 1 atom stereocenters. The molecule has 0 saturated carbocycles. The van der Waals surface area contributed by atoms with E-state index in [1.54, 1.807) is 5.01 Å². The molecule has 2 heterocycles. The van der Waals surface area contributed by atoms with Crippen LogP contribution in [0, 0.1) is 0 Å². The predicted octanol–water partition coefficient (Wildman–Crippen LogP) is 3.91. The molecule has 2 aliphatic rings. The third kappa shape index (κ3) is 4.65. The minimum Gasteiger partial charge on any atom is -0.493 e. The van der Waals surface area contributed by atoms with Crippen LogP contribution < -0.4 is 20.6 Å². The van der Waals surface area contributed by atoms with Crippen LogP contribution in [-0.4, -0.2) is 28.9 Å². The van der Waals surface area contributed by atoms with E-state index in [1.807, 2.05) is 48.7 Å². The maximum absolute atomic E-state index is 13.0. The fourth-order valence-electron chi connectivity index (χ4n) is 3.68. The van der Waals surface area contributed by atoms with Gasteiger partial charge in [-0.3, -0.25) is 15.1 Å². The molecule has 1 N–H and O–H groups in total. The molecule has 2 aromatic rings. The summed E-state index contributed by atoms with van der Waals surface area (Å²) in [4.78, 5) is 18.0. The lowest BCUT2D eigenvalue weighted by atomic mass is 10.1. The molecule has 0 radical (unpaired) electrons. The van der Waals surface area contributed by atoms with E-state index in [1.165, 1.54) is 24.6 Å². The van der Waals surface area contributed by atoms with Gasteiger partial charge in [0.2, 0.25) is 0 Å². The molecule has 0 unspecified atom stereocenters. The third-order valence-electron chi connectivity index (χ3n) is 5.22. The van der Waals surface area contributed by atoms with E-state index in [4.69, 9.17) is 14.8 Å². The number of halogens is 1. The van der Waals surface area contributed by atoms with E-state index in [0.717, 1.165) is 39.2 Å². The summed E-state index contributed by atoms with van der Waals surface area (Å²) in [5.41, 5.74) is 1.38. The van der Waals surface area contributed by atoms with Crippen LogP contribution in [0.1, 0.15) is 44.3 Å². The number of carbonyl (C=O) groups excluding carboxylic acids is 1. The fourth-order valence-corrected chi connectivity index (χ4v) is 4.41. The molecular weight excluding hydrogens is 476 g/mol. The van der Waals surface area contributed by atoms with Crippen LogP contribution in [0.25, 0.3) is 5.70 Å². The molecule has 4 rings (SSSR count). The van der Waals surface area contributed by atoms with Gasteiger partial charge in [0, 0.05) is 15.3 Å². The Labute approximate surface area is 194 Å². The first-order valence-electron chi connectivity index (χ1n) is 10.4. The number of unbranched alkanes of at least 4 members (excludes halogenated alkanes) is 3. The SMILES string of the molecule is CCCCCCOc1ccccc1[C@@H]1N=c2ccc(Br)cc2=C2C(=O)NC(SC)=NN21. The van der Waals surface area contributed by atoms with Gasteiger partial charge >= 0.3 is 0 Å². The van der Waals surface area contributed by atoms with Gasteiger partial charge in [0.1, 0.15) is 11.4 Å². The summed E-state index contributed by atoms with van der Waals surface area (Å²) in [5.74, 6) is 0.594. The van der Waals surface area contributed by atoms with Crippen molar-refractivity contribution in [2.45, 2.75) is 38.8 Å². The van der Waals surface area contributed by atoms with Crippen molar-refractivity contribution >= 4 is 44.5 Å². The second kappa shape index (κ2) is 9.87. The Morgan fingerprint density at radius 1 is 1.19 bits per heavy atom. The Bertz CT molecular complexity index is 1130. The van der Waals surface area contributed by atoms with Crippen molar-refractivity contribution in [3.63, 3.8) is 0 Å². The summed E-state index contributed by atoms with van der Waals surface area (Å²) in [5, 5.41) is 11.4. The van der Waals surface area contributed by atoms with Crippen LogP contribution in [0.15, 0.2) is 57.0 Å². The minimum absolute atomic E-state index is 0.184. The van der Waals surface area contributed by atoms with Crippen molar-refractivity contribution < 1.29 is 9.53 Å². The summed E-state index contributed by atoms with van der Waals surface area (Å²) < 4.78 is 7.03. The van der Waals surface area contributed by atoms with Gasteiger partial charge in [0.15, 0.2) is 11.3 Å². The van der Waals surface area contributed by atoms with E-state index in [9.17, 15) is 4.79 Å². The summed E-state index contributed by atoms with van der Waals surface area (Å²) in [7, 11) is 0. The lowest BCUT2D eigenvalue weighted by molar-refractivity contribution is -0.116. The van der Waals surface area contributed by atoms with Crippen molar-refractivity contribution in [1.82, 2.24) is 10.3 Å². The molecule has 2 aliphatic heterocycles. The Morgan fingerprint density at radius 3 is 2.84 bits per heavy atom. The molecule has 8 heteroatoms. The zero-order valence-corrected chi connectivity index (χ0v) is 20.0. The van der Waals surface area contributed by atoms with Gasteiger partial charge in [-0.05, 0) is 36.9 Å². The van der Waals surface area contributed by atoms with E-state index >= 15 is 0 Å². The number of hydrogen-bond acceptors (Lipinski definition) is 6. The number of hydrazone groups is 1. The lowest BCUT2D eigenvalue weighted by Gasteiger charge is -2.34. The highest BCUT2D eigenvalue weighted by atomic mass is 79.9. The molecule has 0 bridgehead atoms. The molecule has 31 heavy (non-hydrogen) atoms. The largest absolute Gasteiger partial charge is 0.493 e. The Kier molecular flexibility index (Phi) is 6.97. The third-order valence-corrected chi connectivity index (χ3v) is 6.28. The summed E-state index contributed by atoms with van der Waals surface area (Å²) >= 11 is 4.90. The molecule has 0 aliphatic carbocycles. The van der Waals surface area contributed by atoms with E-state index in [0.29, 0.717) is 17.5 Å². The normalized spacial score (nSPS) is 17.3.